The Bertz CT molecular complexity index is 509. The van der Waals surface area contributed by atoms with E-state index in [-0.39, 0.29) is 0 Å². The van der Waals surface area contributed by atoms with Crippen LogP contribution in [0.5, 0.6) is 0 Å². The van der Waals surface area contributed by atoms with E-state index in [9.17, 15) is 0 Å². The summed E-state index contributed by atoms with van der Waals surface area (Å²) in [5.41, 5.74) is 3.63. The molecule has 2 aromatic heterocycles. The lowest BCUT2D eigenvalue weighted by molar-refractivity contribution is 0.817. The van der Waals surface area contributed by atoms with Crippen LogP contribution in [0, 0.1) is 6.92 Å². The third kappa shape index (κ3) is 1.70. The molecule has 3 nitrogen and oxygen atoms in total. The molecule has 86 valence electrons. The van der Waals surface area contributed by atoms with E-state index in [0.717, 1.165) is 11.5 Å². The first kappa shape index (κ1) is 11.1. The van der Waals surface area contributed by atoms with Crippen LogP contribution in [0.3, 0.4) is 0 Å². The Labute approximate surface area is 96.5 Å². The third-order valence-corrected chi connectivity index (χ3v) is 3.01. The summed E-state index contributed by atoms with van der Waals surface area (Å²) in [6, 6.07) is 2.26. The van der Waals surface area contributed by atoms with E-state index in [4.69, 9.17) is 0 Å². The van der Waals surface area contributed by atoms with Crippen molar-refractivity contribution in [3.8, 4) is 0 Å². The van der Waals surface area contributed by atoms with Crippen molar-refractivity contribution in [2.75, 3.05) is 0 Å². The van der Waals surface area contributed by atoms with Gasteiger partial charge in [-0.2, -0.15) is 0 Å². The highest BCUT2D eigenvalue weighted by Gasteiger charge is 2.12. The fourth-order valence-corrected chi connectivity index (χ4v) is 1.89. The normalized spacial score (nSPS) is 11.9. The van der Waals surface area contributed by atoms with E-state index in [1.165, 1.54) is 11.1 Å². The number of hydrogen-bond donors (Lipinski definition) is 0. The number of pyridine rings is 1. The predicted molar refractivity (Wildman–Crippen MR) is 65.9 cm³/mol. The lowest BCUT2D eigenvalue weighted by Crippen LogP contribution is -2.00. The van der Waals surface area contributed by atoms with Crippen LogP contribution in [-0.4, -0.2) is 14.6 Å². The van der Waals surface area contributed by atoms with Gasteiger partial charge in [0, 0.05) is 11.8 Å². The summed E-state index contributed by atoms with van der Waals surface area (Å²) >= 11 is 0. The average molecular weight is 217 g/mol. The van der Waals surface area contributed by atoms with E-state index in [1.54, 1.807) is 0 Å². The van der Waals surface area contributed by atoms with Crippen molar-refractivity contribution in [1.82, 2.24) is 14.6 Å². The van der Waals surface area contributed by atoms with Crippen molar-refractivity contribution < 1.29 is 0 Å². The lowest BCUT2D eigenvalue weighted by Gasteiger charge is -2.12. The summed E-state index contributed by atoms with van der Waals surface area (Å²) < 4.78 is 2.10. The average Bonchev–Trinajstić information content (AvgIpc) is 2.59. The minimum absolute atomic E-state index is 0.477. The highest BCUT2D eigenvalue weighted by Crippen LogP contribution is 2.24. The molecule has 0 aliphatic rings. The molecule has 2 rings (SSSR count). The van der Waals surface area contributed by atoms with Gasteiger partial charge in [0.2, 0.25) is 0 Å². The molecule has 0 atom stereocenters. The fourth-order valence-electron chi connectivity index (χ4n) is 1.89. The maximum atomic E-state index is 4.25. The molecule has 0 unspecified atom stereocenters. The van der Waals surface area contributed by atoms with Gasteiger partial charge in [0.1, 0.15) is 5.82 Å². The molecule has 0 aliphatic carbocycles. The molecule has 0 radical (unpaired) electrons. The molecule has 0 aromatic carbocycles. The zero-order chi connectivity index (χ0) is 11.9. The number of nitrogens with zero attached hydrogens (tertiary/aromatic N) is 3. The summed E-state index contributed by atoms with van der Waals surface area (Å²) in [7, 11) is 0. The van der Waals surface area contributed by atoms with Crippen LogP contribution in [-0.2, 0) is 0 Å². The second-order valence-corrected chi connectivity index (χ2v) is 4.98. The largest absolute Gasteiger partial charge is 0.286 e. The van der Waals surface area contributed by atoms with Crippen LogP contribution >= 0.6 is 0 Å². The van der Waals surface area contributed by atoms with Gasteiger partial charge in [-0.3, -0.25) is 4.40 Å². The monoisotopic (exact) mass is 217 g/mol. The number of aromatic nitrogens is 3. The summed E-state index contributed by atoms with van der Waals surface area (Å²) in [6.07, 6.45) is 2.15. The minimum Gasteiger partial charge on any atom is -0.286 e. The first-order valence-corrected chi connectivity index (χ1v) is 5.86. The molecular weight excluding hydrogens is 198 g/mol. The lowest BCUT2D eigenvalue weighted by atomic mass is 9.98. The topological polar surface area (TPSA) is 30.2 Å². The molecule has 0 saturated heterocycles. The highest BCUT2D eigenvalue weighted by molar-refractivity contribution is 5.51. The molecule has 0 saturated carbocycles. The standard InChI is InChI=1S/C13H19N3/c1-8(2)11-6-12(9(3)4)13-15-14-10(5)16(13)7-11/h6-9H,1-5H3. The van der Waals surface area contributed by atoms with Crippen LogP contribution in [0.1, 0.15) is 56.5 Å². The Hall–Kier alpha value is -1.38. The molecule has 0 aliphatic heterocycles. The number of aryl methyl sites for hydroxylation is 1. The molecule has 0 amide bonds. The number of rotatable bonds is 2. The first-order chi connectivity index (χ1) is 7.50. The molecule has 0 fully saturated rings. The van der Waals surface area contributed by atoms with E-state index in [0.29, 0.717) is 11.8 Å². The molecule has 16 heavy (non-hydrogen) atoms. The van der Waals surface area contributed by atoms with Crippen LogP contribution < -0.4 is 0 Å². The smallest absolute Gasteiger partial charge is 0.164 e. The molecular formula is C13H19N3. The van der Waals surface area contributed by atoms with Gasteiger partial charge in [-0.15, -0.1) is 10.2 Å². The molecule has 3 heteroatoms. The van der Waals surface area contributed by atoms with Gasteiger partial charge in [0.15, 0.2) is 5.65 Å². The van der Waals surface area contributed by atoms with Gasteiger partial charge in [-0.05, 0) is 24.3 Å². The van der Waals surface area contributed by atoms with Gasteiger partial charge in [0.25, 0.3) is 0 Å². The first-order valence-electron chi connectivity index (χ1n) is 5.86. The van der Waals surface area contributed by atoms with E-state index >= 15 is 0 Å². The molecule has 0 bridgehead atoms. The van der Waals surface area contributed by atoms with Crippen molar-refractivity contribution in [2.24, 2.45) is 0 Å². The summed E-state index contributed by atoms with van der Waals surface area (Å²) in [4.78, 5) is 0. The maximum Gasteiger partial charge on any atom is 0.164 e. The van der Waals surface area contributed by atoms with Crippen LogP contribution in [0.2, 0.25) is 0 Å². The molecule has 2 heterocycles. The summed E-state index contributed by atoms with van der Waals surface area (Å²) in [5.74, 6) is 1.97. The summed E-state index contributed by atoms with van der Waals surface area (Å²) in [5, 5.41) is 8.41. The van der Waals surface area contributed by atoms with E-state index < -0.39 is 0 Å². The molecule has 0 spiro atoms. The van der Waals surface area contributed by atoms with Crippen LogP contribution in [0.15, 0.2) is 12.3 Å². The Morgan fingerprint density at radius 3 is 2.31 bits per heavy atom. The van der Waals surface area contributed by atoms with Crippen LogP contribution in [0.25, 0.3) is 5.65 Å². The SMILES string of the molecule is Cc1nnc2c(C(C)C)cc(C(C)C)cn12. The fraction of sp³-hybridized carbons (Fsp3) is 0.538. The zero-order valence-electron chi connectivity index (χ0n) is 10.7. The summed E-state index contributed by atoms with van der Waals surface area (Å²) in [6.45, 7) is 10.8. The Balaban J connectivity index is 2.75. The van der Waals surface area contributed by atoms with Crippen molar-refractivity contribution >= 4 is 5.65 Å². The third-order valence-electron chi connectivity index (χ3n) is 3.01. The van der Waals surface area contributed by atoms with Gasteiger partial charge >= 0.3 is 0 Å². The van der Waals surface area contributed by atoms with Gasteiger partial charge < -0.3 is 0 Å². The van der Waals surface area contributed by atoms with Gasteiger partial charge in [-0.25, -0.2) is 0 Å². The van der Waals surface area contributed by atoms with Crippen molar-refractivity contribution in [2.45, 2.75) is 46.5 Å². The highest BCUT2D eigenvalue weighted by atomic mass is 15.2. The Kier molecular flexibility index (Phi) is 2.70. The molecule has 2 aromatic rings. The zero-order valence-corrected chi connectivity index (χ0v) is 10.7. The van der Waals surface area contributed by atoms with Crippen molar-refractivity contribution in [1.29, 1.82) is 0 Å². The minimum atomic E-state index is 0.477. The number of fused-ring (bicyclic) bond motifs is 1. The van der Waals surface area contributed by atoms with Gasteiger partial charge in [0.05, 0.1) is 0 Å². The van der Waals surface area contributed by atoms with Crippen molar-refractivity contribution in [3.63, 3.8) is 0 Å². The molecule has 0 N–H and O–H groups in total. The van der Waals surface area contributed by atoms with Crippen molar-refractivity contribution in [3.05, 3.63) is 29.2 Å². The second-order valence-electron chi connectivity index (χ2n) is 4.98. The van der Waals surface area contributed by atoms with E-state index in [2.05, 4.69) is 54.6 Å². The quantitative estimate of drug-likeness (QED) is 0.772. The Morgan fingerprint density at radius 2 is 1.75 bits per heavy atom. The van der Waals surface area contributed by atoms with E-state index in [1.807, 2.05) is 6.92 Å². The van der Waals surface area contributed by atoms with Gasteiger partial charge in [-0.1, -0.05) is 33.8 Å². The Morgan fingerprint density at radius 1 is 1.06 bits per heavy atom. The second kappa shape index (κ2) is 3.89. The predicted octanol–water partition coefficient (Wildman–Crippen LogP) is 3.28. The number of hydrogen-bond acceptors (Lipinski definition) is 2. The maximum absolute atomic E-state index is 4.25. The van der Waals surface area contributed by atoms with Crippen LogP contribution in [0.4, 0.5) is 0 Å².